The van der Waals surface area contributed by atoms with Gasteiger partial charge in [-0.2, -0.15) is 0 Å². The second-order valence-electron chi connectivity index (χ2n) is 7.08. The highest BCUT2D eigenvalue weighted by Crippen LogP contribution is 2.22. The van der Waals surface area contributed by atoms with Gasteiger partial charge in [0.25, 0.3) is 5.91 Å². The van der Waals surface area contributed by atoms with Crippen LogP contribution in [0.3, 0.4) is 0 Å². The summed E-state index contributed by atoms with van der Waals surface area (Å²) < 4.78 is 19.0. The number of halogens is 1. The monoisotopic (exact) mass is 367 g/mol. The molecular formula is C21H22FN3O2. The number of fused-ring (bicyclic) bond motifs is 1. The third kappa shape index (κ3) is 3.94. The molecule has 0 saturated carbocycles. The molecule has 27 heavy (non-hydrogen) atoms. The van der Waals surface area contributed by atoms with Crippen LogP contribution in [0.4, 0.5) is 4.39 Å². The van der Waals surface area contributed by atoms with Crippen LogP contribution >= 0.6 is 0 Å². The van der Waals surface area contributed by atoms with Gasteiger partial charge in [0.1, 0.15) is 17.4 Å². The van der Waals surface area contributed by atoms with Crippen molar-refractivity contribution < 1.29 is 13.9 Å². The predicted molar refractivity (Wildman–Crippen MR) is 101 cm³/mol. The molecule has 5 nitrogen and oxygen atoms in total. The molecule has 140 valence electrons. The average Bonchev–Trinajstić information content (AvgIpc) is 3.05. The lowest BCUT2D eigenvalue weighted by molar-refractivity contribution is 0.0633. The summed E-state index contributed by atoms with van der Waals surface area (Å²) in [6.45, 7) is 3.77. The lowest BCUT2D eigenvalue weighted by Gasteiger charge is -2.32. The number of likely N-dealkylation sites (tertiary alicyclic amines) is 1. The molecular weight excluding hydrogens is 345 g/mol. The van der Waals surface area contributed by atoms with Gasteiger partial charge >= 0.3 is 0 Å². The van der Waals surface area contributed by atoms with Gasteiger partial charge in [-0.15, -0.1) is 0 Å². The summed E-state index contributed by atoms with van der Waals surface area (Å²) in [6, 6.07) is 11.7. The molecule has 0 bridgehead atoms. The minimum atomic E-state index is -0.308. The van der Waals surface area contributed by atoms with Gasteiger partial charge < -0.3 is 14.6 Å². The second-order valence-corrected chi connectivity index (χ2v) is 7.08. The standard InChI is InChI=1S/C21H22FN3O2/c1-14-23-19-8-7-16(10-20(19)24-14)21(26)25-9-3-4-15(12-25)13-27-18-6-2-5-17(22)11-18/h2,5-8,10-11,15H,3-4,9,12-13H2,1H3,(H,23,24)/t15-/m0/s1. The van der Waals surface area contributed by atoms with E-state index in [0.29, 0.717) is 24.5 Å². The Hall–Kier alpha value is -2.89. The van der Waals surface area contributed by atoms with Gasteiger partial charge in [-0.1, -0.05) is 6.07 Å². The minimum absolute atomic E-state index is 0.0274. The molecule has 2 heterocycles. The second kappa shape index (κ2) is 7.39. The maximum absolute atomic E-state index is 13.3. The number of hydrogen-bond acceptors (Lipinski definition) is 3. The lowest BCUT2D eigenvalue weighted by atomic mass is 9.98. The average molecular weight is 367 g/mol. The third-order valence-corrected chi connectivity index (χ3v) is 4.94. The van der Waals surface area contributed by atoms with Gasteiger partial charge in [-0.05, 0) is 50.1 Å². The number of nitrogens with zero attached hydrogens (tertiary/aromatic N) is 2. The molecule has 0 spiro atoms. The van der Waals surface area contributed by atoms with Crippen molar-refractivity contribution in [1.82, 2.24) is 14.9 Å². The van der Waals surface area contributed by atoms with Gasteiger partial charge in [0, 0.05) is 30.6 Å². The number of rotatable bonds is 4. The number of aromatic amines is 1. The number of benzene rings is 2. The van der Waals surface area contributed by atoms with E-state index in [1.54, 1.807) is 12.1 Å². The Bertz CT molecular complexity index is 969. The zero-order valence-corrected chi connectivity index (χ0v) is 15.2. The summed E-state index contributed by atoms with van der Waals surface area (Å²) in [5.74, 6) is 1.32. The van der Waals surface area contributed by atoms with E-state index >= 15 is 0 Å². The Morgan fingerprint density at radius 3 is 3.07 bits per heavy atom. The van der Waals surface area contributed by atoms with Gasteiger partial charge in [0.2, 0.25) is 0 Å². The number of nitrogens with one attached hydrogen (secondary N) is 1. The quantitative estimate of drug-likeness (QED) is 0.760. The summed E-state index contributed by atoms with van der Waals surface area (Å²) in [5.41, 5.74) is 2.41. The Morgan fingerprint density at radius 1 is 1.33 bits per heavy atom. The van der Waals surface area contributed by atoms with Crippen molar-refractivity contribution in [2.45, 2.75) is 19.8 Å². The molecule has 1 N–H and O–H groups in total. The number of aromatic nitrogens is 2. The van der Waals surface area contributed by atoms with Crippen molar-refractivity contribution in [1.29, 1.82) is 0 Å². The van der Waals surface area contributed by atoms with Crippen molar-refractivity contribution in [2.24, 2.45) is 5.92 Å². The lowest BCUT2D eigenvalue weighted by Crippen LogP contribution is -2.41. The van der Waals surface area contributed by atoms with Crippen LogP contribution in [-0.4, -0.2) is 40.5 Å². The van der Waals surface area contributed by atoms with E-state index in [-0.39, 0.29) is 17.6 Å². The van der Waals surface area contributed by atoms with Crippen LogP contribution in [0.25, 0.3) is 11.0 Å². The molecule has 1 aliphatic rings. The van der Waals surface area contributed by atoms with Crippen LogP contribution in [0.2, 0.25) is 0 Å². The number of hydrogen-bond donors (Lipinski definition) is 1. The van der Waals surface area contributed by atoms with Crippen molar-refractivity contribution >= 4 is 16.9 Å². The van der Waals surface area contributed by atoms with Crippen LogP contribution in [0.1, 0.15) is 29.0 Å². The fourth-order valence-corrected chi connectivity index (χ4v) is 3.61. The van der Waals surface area contributed by atoms with Crippen LogP contribution in [0.5, 0.6) is 5.75 Å². The zero-order chi connectivity index (χ0) is 18.8. The number of imidazole rings is 1. The topological polar surface area (TPSA) is 58.2 Å². The molecule has 1 aromatic heterocycles. The molecule has 2 aromatic carbocycles. The molecule has 1 aliphatic heterocycles. The van der Waals surface area contributed by atoms with Crippen molar-refractivity contribution in [3.05, 3.63) is 59.7 Å². The molecule has 1 atom stereocenters. The molecule has 4 rings (SSSR count). The molecule has 1 saturated heterocycles. The number of piperidine rings is 1. The minimum Gasteiger partial charge on any atom is -0.493 e. The van der Waals surface area contributed by atoms with Crippen LogP contribution < -0.4 is 4.74 Å². The summed E-state index contributed by atoms with van der Waals surface area (Å²) in [5, 5.41) is 0. The molecule has 6 heteroatoms. The van der Waals surface area contributed by atoms with E-state index in [1.165, 1.54) is 12.1 Å². The van der Waals surface area contributed by atoms with Crippen molar-refractivity contribution in [2.75, 3.05) is 19.7 Å². The Morgan fingerprint density at radius 2 is 2.22 bits per heavy atom. The predicted octanol–water partition coefficient (Wildman–Crippen LogP) is 3.94. The normalized spacial score (nSPS) is 17.3. The molecule has 3 aromatic rings. The summed E-state index contributed by atoms with van der Waals surface area (Å²) in [4.78, 5) is 22.3. The SMILES string of the molecule is Cc1nc2ccc(C(=O)N3CCC[C@H](COc4cccc(F)c4)C3)cc2[nH]1. The van der Waals surface area contributed by atoms with Gasteiger partial charge in [0.05, 0.1) is 17.6 Å². The molecule has 1 amide bonds. The van der Waals surface area contributed by atoms with Gasteiger partial charge in [-0.25, -0.2) is 9.37 Å². The van der Waals surface area contributed by atoms with Crippen LogP contribution in [0.15, 0.2) is 42.5 Å². The first kappa shape index (κ1) is 17.5. The smallest absolute Gasteiger partial charge is 0.253 e. The fraction of sp³-hybridized carbons (Fsp3) is 0.333. The van der Waals surface area contributed by atoms with E-state index in [9.17, 15) is 9.18 Å². The summed E-state index contributed by atoms with van der Waals surface area (Å²) >= 11 is 0. The Labute approximate surface area is 157 Å². The number of ether oxygens (including phenoxy) is 1. The summed E-state index contributed by atoms with van der Waals surface area (Å²) in [6.07, 6.45) is 1.94. The maximum Gasteiger partial charge on any atom is 0.253 e. The first-order valence-corrected chi connectivity index (χ1v) is 9.22. The highest BCUT2D eigenvalue weighted by molar-refractivity contribution is 5.97. The zero-order valence-electron chi connectivity index (χ0n) is 15.2. The van der Waals surface area contributed by atoms with E-state index < -0.39 is 0 Å². The highest BCUT2D eigenvalue weighted by atomic mass is 19.1. The van der Waals surface area contributed by atoms with Crippen molar-refractivity contribution in [3.63, 3.8) is 0 Å². The molecule has 0 radical (unpaired) electrons. The van der Waals surface area contributed by atoms with Crippen LogP contribution in [0, 0.1) is 18.7 Å². The van der Waals surface area contributed by atoms with Crippen LogP contribution in [-0.2, 0) is 0 Å². The van der Waals surface area contributed by atoms with E-state index in [0.717, 1.165) is 36.2 Å². The molecule has 1 fully saturated rings. The first-order chi connectivity index (χ1) is 13.1. The van der Waals surface area contributed by atoms with E-state index in [1.807, 2.05) is 30.0 Å². The molecule has 0 aliphatic carbocycles. The highest BCUT2D eigenvalue weighted by Gasteiger charge is 2.25. The first-order valence-electron chi connectivity index (χ1n) is 9.22. The van der Waals surface area contributed by atoms with Gasteiger partial charge in [-0.3, -0.25) is 4.79 Å². The number of carbonyl (C=O) groups excluding carboxylic acids is 1. The maximum atomic E-state index is 13.3. The number of H-pyrrole nitrogens is 1. The van der Waals surface area contributed by atoms with E-state index in [4.69, 9.17) is 4.74 Å². The summed E-state index contributed by atoms with van der Waals surface area (Å²) in [7, 11) is 0. The fourth-order valence-electron chi connectivity index (χ4n) is 3.61. The Balaban J connectivity index is 1.41. The number of aryl methyl sites for hydroxylation is 1. The van der Waals surface area contributed by atoms with Gasteiger partial charge in [0.15, 0.2) is 0 Å². The molecule has 0 unspecified atom stereocenters. The Kier molecular flexibility index (Phi) is 4.79. The third-order valence-electron chi connectivity index (χ3n) is 4.94. The number of amides is 1. The number of carbonyl (C=O) groups is 1. The largest absolute Gasteiger partial charge is 0.493 e. The van der Waals surface area contributed by atoms with Crippen molar-refractivity contribution in [3.8, 4) is 5.75 Å². The van der Waals surface area contributed by atoms with E-state index in [2.05, 4.69) is 9.97 Å².